The lowest BCUT2D eigenvalue weighted by molar-refractivity contribution is -0.121. The number of amides is 1. The molecule has 0 radical (unpaired) electrons. The third-order valence-corrected chi connectivity index (χ3v) is 3.29. The van der Waals surface area contributed by atoms with Crippen molar-refractivity contribution in [1.29, 1.82) is 0 Å². The molecule has 0 spiro atoms. The van der Waals surface area contributed by atoms with Crippen LogP contribution >= 0.6 is 0 Å². The normalized spacial score (nSPS) is 16.1. The molecule has 2 rings (SSSR count). The highest BCUT2D eigenvalue weighted by molar-refractivity contribution is 5.79. The van der Waals surface area contributed by atoms with E-state index in [9.17, 15) is 4.79 Å². The molecule has 1 unspecified atom stereocenters. The topological polar surface area (TPSA) is 64.3 Å². The van der Waals surface area contributed by atoms with Crippen LogP contribution in [0.5, 0.6) is 5.75 Å². The molecule has 1 atom stereocenters. The van der Waals surface area contributed by atoms with Gasteiger partial charge in [-0.3, -0.25) is 4.79 Å². The van der Waals surface area contributed by atoms with Gasteiger partial charge in [0.2, 0.25) is 5.91 Å². The van der Waals surface area contributed by atoms with Gasteiger partial charge in [0, 0.05) is 12.6 Å². The van der Waals surface area contributed by atoms with Gasteiger partial charge in [-0.1, -0.05) is 12.1 Å². The number of carbonyl (C=O) groups is 1. The van der Waals surface area contributed by atoms with Crippen molar-refractivity contribution in [3.05, 3.63) is 29.8 Å². The quantitative estimate of drug-likeness (QED) is 0.792. The van der Waals surface area contributed by atoms with E-state index in [0.717, 1.165) is 11.3 Å². The minimum atomic E-state index is 0.0330. The number of hydrogen-bond acceptors (Lipinski definition) is 3. The molecule has 3 N–H and O–H groups in total. The molecule has 0 aliphatic heterocycles. The fraction of sp³-hybridized carbons (Fsp3) is 0.500. The van der Waals surface area contributed by atoms with Crippen molar-refractivity contribution in [3.8, 4) is 5.75 Å². The van der Waals surface area contributed by atoms with Gasteiger partial charge in [-0.05, 0) is 36.5 Å². The van der Waals surface area contributed by atoms with Crippen LogP contribution < -0.4 is 15.8 Å². The average molecular weight is 248 g/mol. The molecular weight excluding hydrogens is 228 g/mol. The minimum Gasteiger partial charge on any atom is -0.497 e. The summed E-state index contributed by atoms with van der Waals surface area (Å²) in [5.41, 5.74) is 6.62. The molecule has 0 saturated heterocycles. The predicted octanol–water partition coefficient (Wildman–Crippen LogP) is 1.09. The Morgan fingerprint density at radius 3 is 2.94 bits per heavy atom. The fourth-order valence-electron chi connectivity index (χ4n) is 2.09. The van der Waals surface area contributed by atoms with E-state index in [1.165, 1.54) is 12.8 Å². The van der Waals surface area contributed by atoms with Crippen LogP contribution in [0.3, 0.4) is 0 Å². The Hall–Kier alpha value is -1.55. The van der Waals surface area contributed by atoms with Crippen LogP contribution in [0, 0.1) is 5.92 Å². The van der Waals surface area contributed by atoms with Crippen LogP contribution in [0.15, 0.2) is 24.3 Å². The maximum atomic E-state index is 11.9. The SMILES string of the molecule is COc1cccc(CC(=O)NC(CN)C2CC2)c1. The van der Waals surface area contributed by atoms with Gasteiger partial charge in [0.15, 0.2) is 0 Å². The van der Waals surface area contributed by atoms with Gasteiger partial charge in [-0.25, -0.2) is 0 Å². The Morgan fingerprint density at radius 1 is 1.56 bits per heavy atom. The molecule has 0 aromatic heterocycles. The molecule has 0 bridgehead atoms. The monoisotopic (exact) mass is 248 g/mol. The zero-order valence-corrected chi connectivity index (χ0v) is 10.7. The van der Waals surface area contributed by atoms with Gasteiger partial charge < -0.3 is 15.8 Å². The van der Waals surface area contributed by atoms with Crippen molar-refractivity contribution >= 4 is 5.91 Å². The van der Waals surface area contributed by atoms with E-state index in [1.807, 2.05) is 24.3 Å². The maximum Gasteiger partial charge on any atom is 0.224 e. The summed E-state index contributed by atoms with van der Waals surface area (Å²) in [6.45, 7) is 0.522. The van der Waals surface area contributed by atoms with Crippen molar-refractivity contribution in [2.45, 2.75) is 25.3 Å². The summed E-state index contributed by atoms with van der Waals surface area (Å²) in [4.78, 5) is 11.9. The molecule has 4 nitrogen and oxygen atoms in total. The fourth-order valence-corrected chi connectivity index (χ4v) is 2.09. The molecule has 1 saturated carbocycles. The summed E-state index contributed by atoms with van der Waals surface area (Å²) < 4.78 is 5.14. The Balaban J connectivity index is 1.89. The zero-order valence-electron chi connectivity index (χ0n) is 10.7. The van der Waals surface area contributed by atoms with Crippen LogP contribution in [-0.4, -0.2) is 25.6 Å². The largest absolute Gasteiger partial charge is 0.497 e. The van der Waals surface area contributed by atoms with Crippen molar-refractivity contribution < 1.29 is 9.53 Å². The van der Waals surface area contributed by atoms with E-state index < -0.39 is 0 Å². The number of ether oxygens (including phenoxy) is 1. The van der Waals surface area contributed by atoms with Crippen LogP contribution in [-0.2, 0) is 11.2 Å². The number of nitrogens with two attached hydrogens (primary N) is 1. The maximum absolute atomic E-state index is 11.9. The Labute approximate surface area is 108 Å². The standard InChI is InChI=1S/C14H20N2O2/c1-18-12-4-2-3-10(7-12)8-14(17)16-13(9-15)11-5-6-11/h2-4,7,11,13H,5-6,8-9,15H2,1H3,(H,16,17). The first-order valence-electron chi connectivity index (χ1n) is 6.35. The second-order valence-corrected chi connectivity index (χ2v) is 4.78. The summed E-state index contributed by atoms with van der Waals surface area (Å²) in [7, 11) is 1.62. The first kappa shape index (κ1) is 12.9. The lowest BCUT2D eigenvalue weighted by Crippen LogP contribution is -2.42. The van der Waals surface area contributed by atoms with Crippen molar-refractivity contribution in [2.75, 3.05) is 13.7 Å². The zero-order chi connectivity index (χ0) is 13.0. The van der Waals surface area contributed by atoms with Gasteiger partial charge in [0.25, 0.3) is 0 Å². The first-order chi connectivity index (χ1) is 8.72. The molecule has 1 fully saturated rings. The Bertz CT molecular complexity index is 416. The highest BCUT2D eigenvalue weighted by atomic mass is 16.5. The van der Waals surface area contributed by atoms with Crippen LogP contribution in [0.2, 0.25) is 0 Å². The highest BCUT2D eigenvalue weighted by Crippen LogP contribution is 2.32. The summed E-state index contributed by atoms with van der Waals surface area (Å²) >= 11 is 0. The van der Waals surface area contributed by atoms with Gasteiger partial charge >= 0.3 is 0 Å². The Morgan fingerprint density at radius 2 is 2.33 bits per heavy atom. The lowest BCUT2D eigenvalue weighted by Gasteiger charge is -2.16. The van der Waals surface area contributed by atoms with Gasteiger partial charge in [-0.2, -0.15) is 0 Å². The molecule has 1 aromatic carbocycles. The third-order valence-electron chi connectivity index (χ3n) is 3.29. The molecule has 1 aliphatic carbocycles. The average Bonchev–Trinajstić information content (AvgIpc) is 3.20. The first-order valence-corrected chi connectivity index (χ1v) is 6.35. The predicted molar refractivity (Wildman–Crippen MR) is 70.4 cm³/mol. The van der Waals surface area contributed by atoms with E-state index in [2.05, 4.69) is 5.32 Å². The summed E-state index contributed by atoms with van der Waals surface area (Å²) in [6, 6.07) is 7.71. The van der Waals surface area contributed by atoms with Crippen LogP contribution in [0.25, 0.3) is 0 Å². The lowest BCUT2D eigenvalue weighted by atomic mass is 10.1. The second kappa shape index (κ2) is 5.87. The molecule has 0 heterocycles. The van der Waals surface area contributed by atoms with Gasteiger partial charge in [0.05, 0.1) is 13.5 Å². The van der Waals surface area contributed by atoms with Crippen molar-refractivity contribution in [3.63, 3.8) is 0 Å². The van der Waals surface area contributed by atoms with E-state index in [0.29, 0.717) is 18.9 Å². The smallest absolute Gasteiger partial charge is 0.224 e. The molecule has 1 aromatic rings. The molecule has 1 amide bonds. The van der Waals surface area contributed by atoms with Gasteiger partial charge in [-0.15, -0.1) is 0 Å². The molecule has 18 heavy (non-hydrogen) atoms. The van der Waals surface area contributed by atoms with Crippen molar-refractivity contribution in [2.24, 2.45) is 11.7 Å². The molecular formula is C14H20N2O2. The summed E-state index contributed by atoms with van der Waals surface area (Å²) in [6.07, 6.45) is 2.74. The molecule has 1 aliphatic rings. The number of rotatable bonds is 6. The number of methoxy groups -OCH3 is 1. The number of hydrogen-bond donors (Lipinski definition) is 2. The van der Waals surface area contributed by atoms with E-state index in [4.69, 9.17) is 10.5 Å². The summed E-state index contributed by atoms with van der Waals surface area (Å²) in [5.74, 6) is 1.40. The molecule has 4 heteroatoms. The highest BCUT2D eigenvalue weighted by Gasteiger charge is 2.31. The Kier molecular flexibility index (Phi) is 4.20. The van der Waals surface area contributed by atoms with E-state index >= 15 is 0 Å². The van der Waals surface area contributed by atoms with Crippen molar-refractivity contribution in [1.82, 2.24) is 5.32 Å². The number of nitrogens with one attached hydrogen (secondary N) is 1. The molecule has 98 valence electrons. The third kappa shape index (κ3) is 3.47. The van der Waals surface area contributed by atoms with Gasteiger partial charge in [0.1, 0.15) is 5.75 Å². The van der Waals surface area contributed by atoms with E-state index in [1.54, 1.807) is 7.11 Å². The minimum absolute atomic E-state index is 0.0330. The number of carbonyl (C=O) groups excluding carboxylic acids is 1. The van der Waals surface area contributed by atoms with E-state index in [-0.39, 0.29) is 11.9 Å². The van der Waals surface area contributed by atoms with Crippen LogP contribution in [0.1, 0.15) is 18.4 Å². The number of benzene rings is 1. The van der Waals surface area contributed by atoms with Crippen LogP contribution in [0.4, 0.5) is 0 Å². The second-order valence-electron chi connectivity index (χ2n) is 4.78. The summed E-state index contributed by atoms with van der Waals surface area (Å²) in [5, 5.41) is 3.01.